The first-order valence-electron chi connectivity index (χ1n) is 8.44. The van der Waals surface area contributed by atoms with Gasteiger partial charge in [0.1, 0.15) is 0 Å². The van der Waals surface area contributed by atoms with E-state index in [0.717, 1.165) is 32.1 Å². The van der Waals surface area contributed by atoms with Gasteiger partial charge < -0.3 is 5.11 Å². The molecule has 0 radical (unpaired) electrons. The molecule has 0 aliphatic carbocycles. The number of hydrogen-bond acceptors (Lipinski definition) is 3. The summed E-state index contributed by atoms with van der Waals surface area (Å²) in [5, 5.41) is 14.1. The van der Waals surface area contributed by atoms with Gasteiger partial charge in [0.15, 0.2) is 0 Å². The van der Waals surface area contributed by atoms with Crippen LogP contribution in [-0.2, 0) is 4.79 Å². The average molecular weight is 336 g/mol. The molecule has 1 aliphatic rings. The maximum Gasteiger partial charge on any atom is 0.438 e. The Bertz CT molecular complexity index is 424. The predicted octanol–water partition coefficient (Wildman–Crippen LogP) is 4.38. The number of halogens is 3. The first kappa shape index (κ1) is 19.9. The van der Waals surface area contributed by atoms with Gasteiger partial charge in [0.05, 0.1) is 0 Å². The minimum atomic E-state index is -4.91. The lowest BCUT2D eigenvalue weighted by atomic mass is 10.0. The van der Waals surface area contributed by atoms with Crippen LogP contribution in [0.1, 0.15) is 78.1 Å². The SMILES string of the molecule is CCCCCCCC(=O)N1N=C(CCCC)CC1(O)C(F)(F)F. The number of carbonyl (C=O) groups excluding carboxylic acids is 1. The zero-order valence-corrected chi connectivity index (χ0v) is 14.0. The Morgan fingerprint density at radius 1 is 1.17 bits per heavy atom. The molecule has 1 rings (SSSR count). The lowest BCUT2D eigenvalue weighted by molar-refractivity contribution is -0.302. The highest BCUT2D eigenvalue weighted by molar-refractivity contribution is 5.90. The lowest BCUT2D eigenvalue weighted by Gasteiger charge is -2.32. The molecule has 134 valence electrons. The number of rotatable bonds is 9. The van der Waals surface area contributed by atoms with E-state index in [2.05, 4.69) is 12.0 Å². The number of nitrogens with zero attached hydrogens (tertiary/aromatic N) is 2. The summed E-state index contributed by atoms with van der Waals surface area (Å²) in [6.07, 6.45) is 0.664. The van der Waals surface area contributed by atoms with Gasteiger partial charge in [-0.2, -0.15) is 23.3 Å². The van der Waals surface area contributed by atoms with Crippen LogP contribution in [0.2, 0.25) is 0 Å². The fraction of sp³-hybridized carbons (Fsp3) is 0.875. The third-order valence-corrected chi connectivity index (χ3v) is 4.05. The summed E-state index contributed by atoms with van der Waals surface area (Å²) in [4.78, 5) is 12.1. The quantitative estimate of drug-likeness (QED) is 0.635. The summed E-state index contributed by atoms with van der Waals surface area (Å²) in [5.41, 5.74) is -2.94. The Hall–Kier alpha value is -1.11. The number of carbonyl (C=O) groups is 1. The van der Waals surface area contributed by atoms with E-state index >= 15 is 0 Å². The minimum Gasteiger partial charge on any atom is -0.362 e. The molecule has 1 N–H and O–H groups in total. The van der Waals surface area contributed by atoms with Crippen molar-refractivity contribution in [3.05, 3.63) is 0 Å². The Balaban J connectivity index is 2.72. The van der Waals surface area contributed by atoms with Gasteiger partial charge in [-0.15, -0.1) is 0 Å². The van der Waals surface area contributed by atoms with Crippen molar-refractivity contribution >= 4 is 11.6 Å². The van der Waals surface area contributed by atoms with Crippen LogP contribution >= 0.6 is 0 Å². The van der Waals surface area contributed by atoms with Crippen molar-refractivity contribution in [2.24, 2.45) is 5.10 Å². The second-order valence-electron chi connectivity index (χ2n) is 6.13. The van der Waals surface area contributed by atoms with Gasteiger partial charge >= 0.3 is 6.18 Å². The standard InChI is InChI=1S/C16H27F3N2O2/c1-3-5-7-8-9-11-14(22)21-15(23,16(17,18)19)12-13(20-21)10-6-4-2/h23H,3-12H2,1-2H3. The second kappa shape index (κ2) is 8.66. The van der Waals surface area contributed by atoms with E-state index in [1.807, 2.05) is 6.92 Å². The van der Waals surface area contributed by atoms with Gasteiger partial charge in [0.2, 0.25) is 5.91 Å². The number of aliphatic hydroxyl groups is 1. The lowest BCUT2D eigenvalue weighted by Crippen LogP contribution is -2.56. The Morgan fingerprint density at radius 3 is 2.35 bits per heavy atom. The molecule has 1 amide bonds. The zero-order chi connectivity index (χ0) is 17.5. The monoisotopic (exact) mass is 336 g/mol. The van der Waals surface area contributed by atoms with Crippen LogP contribution in [-0.4, -0.2) is 33.6 Å². The van der Waals surface area contributed by atoms with E-state index in [-0.39, 0.29) is 17.1 Å². The summed E-state index contributed by atoms with van der Waals surface area (Å²) in [5.74, 6) is -0.757. The Kier molecular flexibility index (Phi) is 7.51. The van der Waals surface area contributed by atoms with Gasteiger partial charge in [0.25, 0.3) is 5.72 Å². The van der Waals surface area contributed by atoms with Crippen molar-refractivity contribution < 1.29 is 23.1 Å². The number of unbranched alkanes of at least 4 members (excludes halogenated alkanes) is 5. The molecule has 4 nitrogen and oxygen atoms in total. The molecule has 0 aromatic rings. The third-order valence-electron chi connectivity index (χ3n) is 4.05. The molecule has 0 fully saturated rings. The van der Waals surface area contributed by atoms with E-state index in [1.165, 1.54) is 0 Å². The van der Waals surface area contributed by atoms with Crippen LogP contribution in [0.4, 0.5) is 13.2 Å². The third kappa shape index (κ3) is 5.19. The molecular formula is C16H27F3N2O2. The van der Waals surface area contributed by atoms with Crippen LogP contribution in [0.25, 0.3) is 0 Å². The Morgan fingerprint density at radius 2 is 1.78 bits per heavy atom. The molecule has 1 unspecified atom stereocenters. The maximum atomic E-state index is 13.2. The number of hydrazone groups is 1. The summed E-state index contributed by atoms with van der Waals surface area (Å²) in [6, 6.07) is 0. The van der Waals surface area contributed by atoms with E-state index in [1.54, 1.807) is 0 Å². The van der Waals surface area contributed by atoms with Crippen LogP contribution in [0.5, 0.6) is 0 Å². The van der Waals surface area contributed by atoms with Crippen molar-refractivity contribution in [3.63, 3.8) is 0 Å². The van der Waals surface area contributed by atoms with Crippen LogP contribution in [0.3, 0.4) is 0 Å². The second-order valence-corrected chi connectivity index (χ2v) is 6.13. The fourth-order valence-electron chi connectivity index (χ4n) is 2.61. The molecule has 0 spiro atoms. The first-order valence-corrected chi connectivity index (χ1v) is 8.44. The summed E-state index contributed by atoms with van der Waals surface area (Å²) < 4.78 is 39.7. The van der Waals surface area contributed by atoms with E-state index in [0.29, 0.717) is 19.3 Å². The maximum absolute atomic E-state index is 13.2. The molecule has 0 aromatic heterocycles. The first-order chi connectivity index (χ1) is 10.8. The molecular weight excluding hydrogens is 309 g/mol. The van der Waals surface area contributed by atoms with E-state index in [4.69, 9.17) is 0 Å². The molecule has 7 heteroatoms. The highest BCUT2D eigenvalue weighted by Gasteiger charge is 2.62. The summed E-state index contributed by atoms with van der Waals surface area (Å²) in [7, 11) is 0. The zero-order valence-electron chi connectivity index (χ0n) is 14.0. The highest BCUT2D eigenvalue weighted by atomic mass is 19.4. The molecule has 1 atom stereocenters. The smallest absolute Gasteiger partial charge is 0.362 e. The minimum absolute atomic E-state index is 0.0212. The largest absolute Gasteiger partial charge is 0.438 e. The van der Waals surface area contributed by atoms with Crippen molar-refractivity contribution in [2.45, 2.75) is 90.0 Å². The topological polar surface area (TPSA) is 52.9 Å². The van der Waals surface area contributed by atoms with Gasteiger partial charge in [-0.1, -0.05) is 46.0 Å². The summed E-state index contributed by atoms with van der Waals surface area (Å²) >= 11 is 0. The summed E-state index contributed by atoms with van der Waals surface area (Å²) in [6.45, 7) is 3.98. The molecule has 0 saturated heterocycles. The van der Waals surface area contributed by atoms with E-state index in [9.17, 15) is 23.1 Å². The Labute approximate surface area is 135 Å². The number of hydrogen-bond donors (Lipinski definition) is 1. The van der Waals surface area contributed by atoms with Crippen molar-refractivity contribution in [1.82, 2.24) is 5.01 Å². The molecule has 1 heterocycles. The molecule has 0 aromatic carbocycles. The number of amides is 1. The van der Waals surface area contributed by atoms with Crippen LogP contribution < -0.4 is 0 Å². The van der Waals surface area contributed by atoms with Gasteiger partial charge in [-0.3, -0.25) is 4.79 Å². The van der Waals surface area contributed by atoms with E-state index < -0.39 is 24.2 Å². The van der Waals surface area contributed by atoms with Gasteiger partial charge in [-0.05, 0) is 19.3 Å². The van der Waals surface area contributed by atoms with Crippen LogP contribution in [0.15, 0.2) is 5.10 Å². The fourth-order valence-corrected chi connectivity index (χ4v) is 2.61. The van der Waals surface area contributed by atoms with Crippen LogP contribution in [0, 0.1) is 0 Å². The number of alkyl halides is 3. The van der Waals surface area contributed by atoms with Gasteiger partial charge in [0, 0.05) is 18.6 Å². The van der Waals surface area contributed by atoms with Crippen molar-refractivity contribution in [2.75, 3.05) is 0 Å². The molecule has 1 aliphatic heterocycles. The molecule has 23 heavy (non-hydrogen) atoms. The van der Waals surface area contributed by atoms with Crippen molar-refractivity contribution in [1.29, 1.82) is 0 Å². The van der Waals surface area contributed by atoms with Gasteiger partial charge in [-0.25, -0.2) is 0 Å². The highest BCUT2D eigenvalue weighted by Crippen LogP contribution is 2.41. The predicted molar refractivity (Wildman–Crippen MR) is 82.8 cm³/mol. The normalized spacial score (nSPS) is 21.7. The molecule has 0 bridgehead atoms. The molecule has 0 saturated carbocycles. The van der Waals surface area contributed by atoms with Crippen molar-refractivity contribution in [3.8, 4) is 0 Å². The average Bonchev–Trinajstić information content (AvgIpc) is 2.83.